The van der Waals surface area contributed by atoms with Gasteiger partial charge in [0.15, 0.2) is 16.3 Å². The zero-order chi connectivity index (χ0) is 33.1. The highest BCUT2D eigenvalue weighted by Crippen LogP contribution is 2.36. The molecular weight excluding hydrogens is 634 g/mol. The number of hydrogen-bond acceptors (Lipinski definition) is 7. The van der Waals surface area contributed by atoms with E-state index in [-0.39, 0.29) is 11.5 Å². The predicted molar refractivity (Wildman–Crippen MR) is 185 cm³/mol. The number of thiazole rings is 1. The van der Waals surface area contributed by atoms with Crippen molar-refractivity contribution in [3.63, 3.8) is 0 Å². The van der Waals surface area contributed by atoms with Crippen molar-refractivity contribution >= 4 is 40.6 Å². The Labute approximate surface area is 280 Å². The first-order chi connectivity index (χ1) is 22.8. The number of nitrogens with zero attached hydrogens (tertiary/aromatic N) is 2. The van der Waals surface area contributed by atoms with Crippen molar-refractivity contribution in [2.45, 2.75) is 26.5 Å². The van der Waals surface area contributed by atoms with Gasteiger partial charge in [-0.3, -0.25) is 14.2 Å². The number of benzene rings is 4. The van der Waals surface area contributed by atoms with Crippen LogP contribution >= 0.6 is 22.9 Å². The van der Waals surface area contributed by atoms with E-state index >= 15 is 0 Å². The molecule has 2 heterocycles. The SMILES string of the molecule is COc1ccc([C@@H]2C(C(=O)Nc3ccccc3C)=C(C)N=c3s/c(=C\c4ccccc4OCc4cccc(Cl)c4)c(=O)n32)cc1OC. The summed E-state index contributed by atoms with van der Waals surface area (Å²) < 4.78 is 19.3. The van der Waals surface area contributed by atoms with Gasteiger partial charge in [-0.05, 0) is 73.0 Å². The second-order valence-corrected chi connectivity index (χ2v) is 12.4. The number of aryl methyl sites for hydroxylation is 1. The molecule has 1 amide bonds. The predicted octanol–water partition coefficient (Wildman–Crippen LogP) is 6.43. The maximum Gasteiger partial charge on any atom is 0.271 e. The Morgan fingerprint density at radius 1 is 0.936 bits per heavy atom. The lowest BCUT2D eigenvalue weighted by atomic mass is 9.94. The fourth-order valence-electron chi connectivity index (χ4n) is 5.51. The van der Waals surface area contributed by atoms with E-state index in [1.165, 1.54) is 11.3 Å². The van der Waals surface area contributed by atoms with Gasteiger partial charge in [0, 0.05) is 16.3 Å². The lowest BCUT2D eigenvalue weighted by Gasteiger charge is -2.26. The Morgan fingerprint density at radius 3 is 2.47 bits per heavy atom. The van der Waals surface area contributed by atoms with Crippen molar-refractivity contribution in [2.75, 3.05) is 19.5 Å². The number of halogens is 1. The normalized spacial score (nSPS) is 14.3. The minimum Gasteiger partial charge on any atom is -0.493 e. The molecule has 0 radical (unpaired) electrons. The molecule has 0 bridgehead atoms. The number of para-hydroxylation sites is 2. The second-order valence-electron chi connectivity index (χ2n) is 10.9. The number of amides is 1. The Balaban J connectivity index is 1.46. The van der Waals surface area contributed by atoms with Crippen LogP contribution in [0.2, 0.25) is 5.02 Å². The van der Waals surface area contributed by atoms with E-state index in [1.807, 2.05) is 85.8 Å². The minimum atomic E-state index is -0.786. The first kappa shape index (κ1) is 31.8. The molecule has 1 aromatic heterocycles. The van der Waals surface area contributed by atoms with Gasteiger partial charge in [-0.2, -0.15) is 0 Å². The van der Waals surface area contributed by atoms with Crippen LogP contribution in [0.3, 0.4) is 0 Å². The van der Waals surface area contributed by atoms with Crippen LogP contribution in [0, 0.1) is 6.92 Å². The number of nitrogens with one attached hydrogen (secondary N) is 1. The summed E-state index contributed by atoms with van der Waals surface area (Å²) in [5, 5.41) is 3.67. The van der Waals surface area contributed by atoms with Crippen LogP contribution in [-0.2, 0) is 11.4 Å². The third-order valence-corrected chi connectivity index (χ3v) is 9.09. The van der Waals surface area contributed by atoms with Crippen LogP contribution < -0.4 is 34.4 Å². The summed E-state index contributed by atoms with van der Waals surface area (Å²) in [5.74, 6) is 1.27. The van der Waals surface area contributed by atoms with Crippen molar-refractivity contribution in [3.05, 3.63) is 149 Å². The molecule has 8 nitrogen and oxygen atoms in total. The van der Waals surface area contributed by atoms with Crippen molar-refractivity contribution in [1.82, 2.24) is 4.57 Å². The minimum absolute atomic E-state index is 0.285. The van der Waals surface area contributed by atoms with E-state index < -0.39 is 6.04 Å². The molecule has 0 unspecified atom stereocenters. The second kappa shape index (κ2) is 13.7. The first-order valence-corrected chi connectivity index (χ1v) is 16.0. The quantitative estimate of drug-likeness (QED) is 0.196. The van der Waals surface area contributed by atoms with Crippen LogP contribution in [0.5, 0.6) is 17.2 Å². The van der Waals surface area contributed by atoms with Gasteiger partial charge in [0.1, 0.15) is 12.4 Å². The standard InChI is InChI=1S/C37H32ClN3O5S/c1-22-10-5-7-14-28(22)40-35(42)33-23(2)39-37-41(34(33)26-16-17-30(44-3)31(19-26)45-4)36(43)32(47-37)20-25-12-6-8-15-29(25)46-21-24-11-9-13-27(38)18-24/h5-20,34H,21H2,1-4H3,(H,40,42)/b32-20-/t34-/m1/s1. The van der Waals surface area contributed by atoms with Gasteiger partial charge in [-0.25, -0.2) is 4.99 Å². The molecule has 10 heteroatoms. The summed E-state index contributed by atoms with van der Waals surface area (Å²) in [6.07, 6.45) is 1.80. The molecule has 0 aliphatic carbocycles. The first-order valence-electron chi connectivity index (χ1n) is 14.8. The number of fused-ring (bicyclic) bond motifs is 1. The van der Waals surface area contributed by atoms with E-state index in [0.717, 1.165) is 16.7 Å². The smallest absolute Gasteiger partial charge is 0.271 e. The van der Waals surface area contributed by atoms with E-state index in [9.17, 15) is 9.59 Å². The molecule has 6 rings (SSSR count). The molecule has 4 aromatic carbocycles. The van der Waals surface area contributed by atoms with Crippen LogP contribution in [0.15, 0.2) is 112 Å². The Hall–Kier alpha value is -5.12. The number of anilines is 1. The maximum absolute atomic E-state index is 14.3. The molecule has 5 aromatic rings. The highest BCUT2D eigenvalue weighted by molar-refractivity contribution is 7.07. The van der Waals surface area contributed by atoms with E-state index in [1.54, 1.807) is 43.9 Å². The summed E-state index contributed by atoms with van der Waals surface area (Å²) in [4.78, 5) is 33.6. The summed E-state index contributed by atoms with van der Waals surface area (Å²) >= 11 is 7.42. The van der Waals surface area contributed by atoms with Gasteiger partial charge in [-0.15, -0.1) is 0 Å². The molecule has 0 saturated heterocycles. The largest absolute Gasteiger partial charge is 0.493 e. The molecule has 0 spiro atoms. The van der Waals surface area contributed by atoms with Gasteiger partial charge in [0.2, 0.25) is 0 Å². The van der Waals surface area contributed by atoms with Crippen LogP contribution in [0.25, 0.3) is 6.08 Å². The molecule has 1 aliphatic rings. The van der Waals surface area contributed by atoms with Crippen molar-refractivity contribution in [2.24, 2.45) is 4.99 Å². The van der Waals surface area contributed by atoms with Crippen molar-refractivity contribution < 1.29 is 19.0 Å². The monoisotopic (exact) mass is 665 g/mol. The number of carbonyl (C=O) groups excluding carboxylic acids is 1. The van der Waals surface area contributed by atoms with Crippen LogP contribution in [0.4, 0.5) is 5.69 Å². The van der Waals surface area contributed by atoms with Crippen molar-refractivity contribution in [3.8, 4) is 17.2 Å². The zero-order valence-electron chi connectivity index (χ0n) is 26.2. The van der Waals surface area contributed by atoms with Gasteiger partial charge >= 0.3 is 0 Å². The Kier molecular flexibility index (Phi) is 9.29. The molecular formula is C37H32ClN3O5S. The molecule has 0 fully saturated rings. The average molecular weight is 666 g/mol. The lowest BCUT2D eigenvalue weighted by molar-refractivity contribution is -0.113. The fourth-order valence-corrected chi connectivity index (χ4v) is 6.76. The molecule has 1 atom stereocenters. The van der Waals surface area contributed by atoms with E-state index in [2.05, 4.69) is 5.32 Å². The van der Waals surface area contributed by atoms with Crippen molar-refractivity contribution in [1.29, 1.82) is 0 Å². The molecule has 238 valence electrons. The summed E-state index contributed by atoms with van der Waals surface area (Å²) in [6, 6.07) is 27.2. The summed E-state index contributed by atoms with van der Waals surface area (Å²) in [5.41, 5.74) is 4.49. The molecule has 1 N–H and O–H groups in total. The van der Waals surface area contributed by atoms with E-state index in [4.69, 9.17) is 30.8 Å². The van der Waals surface area contributed by atoms with Gasteiger partial charge in [-0.1, -0.05) is 77.5 Å². The number of allylic oxidation sites excluding steroid dienone is 1. The Bertz CT molecular complexity index is 2200. The molecule has 1 aliphatic heterocycles. The number of hydrogen-bond donors (Lipinski definition) is 1. The van der Waals surface area contributed by atoms with Gasteiger partial charge < -0.3 is 19.5 Å². The zero-order valence-corrected chi connectivity index (χ0v) is 27.8. The number of ether oxygens (including phenoxy) is 3. The highest BCUT2D eigenvalue weighted by atomic mass is 35.5. The molecule has 47 heavy (non-hydrogen) atoms. The van der Waals surface area contributed by atoms with Crippen LogP contribution in [0.1, 0.15) is 35.2 Å². The third-order valence-electron chi connectivity index (χ3n) is 7.87. The lowest BCUT2D eigenvalue weighted by Crippen LogP contribution is -2.40. The highest BCUT2D eigenvalue weighted by Gasteiger charge is 2.33. The topological polar surface area (TPSA) is 91.2 Å². The Morgan fingerprint density at radius 2 is 1.70 bits per heavy atom. The number of carbonyl (C=O) groups is 1. The van der Waals surface area contributed by atoms with Gasteiger partial charge in [0.25, 0.3) is 11.5 Å². The van der Waals surface area contributed by atoms with Crippen LogP contribution in [-0.4, -0.2) is 24.7 Å². The number of methoxy groups -OCH3 is 2. The van der Waals surface area contributed by atoms with Gasteiger partial charge in [0.05, 0.1) is 36.1 Å². The van der Waals surface area contributed by atoms with E-state index in [0.29, 0.717) is 60.7 Å². The summed E-state index contributed by atoms with van der Waals surface area (Å²) in [6.45, 7) is 4.02. The summed E-state index contributed by atoms with van der Waals surface area (Å²) in [7, 11) is 3.11. The maximum atomic E-state index is 14.3. The number of rotatable bonds is 9. The molecule has 0 saturated carbocycles. The third kappa shape index (κ3) is 6.58. The number of aromatic nitrogens is 1. The average Bonchev–Trinajstić information content (AvgIpc) is 3.37. The fraction of sp³-hybridized carbons (Fsp3) is 0.162.